The summed E-state index contributed by atoms with van der Waals surface area (Å²) in [6.45, 7) is 5.84. The van der Waals surface area contributed by atoms with Crippen molar-refractivity contribution in [3.63, 3.8) is 0 Å². The van der Waals surface area contributed by atoms with Gasteiger partial charge in [-0.2, -0.15) is 0 Å². The van der Waals surface area contributed by atoms with Gasteiger partial charge in [0.1, 0.15) is 0 Å². The summed E-state index contributed by atoms with van der Waals surface area (Å²) in [5.74, 6) is 1.50. The van der Waals surface area contributed by atoms with Crippen molar-refractivity contribution in [3.8, 4) is 0 Å². The number of benzene rings is 1. The quantitative estimate of drug-likeness (QED) is 0.383. The van der Waals surface area contributed by atoms with Crippen LogP contribution >= 0.6 is 24.0 Å². The van der Waals surface area contributed by atoms with Crippen LogP contribution in [-0.4, -0.2) is 64.4 Å². The minimum Gasteiger partial charge on any atom is -0.347 e. The molecule has 2 atom stereocenters. The Morgan fingerprint density at radius 1 is 1.23 bits per heavy atom. The average molecular weight is 522 g/mol. The predicted octanol–water partition coefficient (Wildman–Crippen LogP) is 2.54. The number of nitrogens with zero attached hydrogens (tertiary/aromatic N) is 5. The van der Waals surface area contributed by atoms with Crippen molar-refractivity contribution >= 4 is 35.8 Å². The molecule has 0 spiro atoms. The molecule has 1 fully saturated rings. The second-order valence-corrected chi connectivity index (χ2v) is 8.02. The molecule has 30 heavy (non-hydrogen) atoms. The lowest BCUT2D eigenvalue weighted by atomic mass is 9.93. The van der Waals surface area contributed by atoms with E-state index in [1.165, 1.54) is 11.1 Å². The molecule has 2 aliphatic rings. The predicted molar refractivity (Wildman–Crippen MR) is 129 cm³/mol. The molecule has 1 N–H and O–H groups in total. The largest absolute Gasteiger partial charge is 0.347 e. The minimum absolute atomic E-state index is 0. The van der Waals surface area contributed by atoms with Gasteiger partial charge < -0.3 is 19.7 Å². The second-order valence-electron chi connectivity index (χ2n) is 8.02. The molecule has 3 heterocycles. The first-order valence-electron chi connectivity index (χ1n) is 10.4. The van der Waals surface area contributed by atoms with E-state index in [1.807, 2.05) is 29.7 Å². The summed E-state index contributed by atoms with van der Waals surface area (Å²) in [7, 11) is 1.79. The third kappa shape index (κ3) is 4.96. The zero-order chi connectivity index (χ0) is 20.2. The van der Waals surface area contributed by atoms with Crippen molar-refractivity contribution in [1.82, 2.24) is 24.7 Å². The number of hydrogen-bond acceptors (Lipinski definition) is 3. The number of nitrogens with one attached hydrogen (secondary N) is 1. The first-order chi connectivity index (χ1) is 14.2. The Morgan fingerprint density at radius 2 is 2.03 bits per heavy atom. The number of carbonyl (C=O) groups is 1. The minimum atomic E-state index is 0. The molecule has 0 radical (unpaired) electrons. The molecular weight excluding hydrogens is 491 g/mol. The molecule has 1 amide bonds. The maximum absolute atomic E-state index is 12.8. The van der Waals surface area contributed by atoms with E-state index < -0.39 is 0 Å². The average Bonchev–Trinajstić information content (AvgIpc) is 3.29. The molecule has 1 aromatic heterocycles. The molecule has 2 aliphatic heterocycles. The number of aliphatic imine (C=N–C) groups is 1. The Kier molecular flexibility index (Phi) is 7.74. The van der Waals surface area contributed by atoms with Crippen LogP contribution in [0.15, 0.2) is 48.0 Å². The van der Waals surface area contributed by atoms with E-state index in [9.17, 15) is 4.79 Å². The van der Waals surface area contributed by atoms with Gasteiger partial charge in [0, 0.05) is 45.6 Å². The number of halogens is 1. The molecule has 0 saturated carbocycles. The number of likely N-dealkylation sites (tertiary alicyclic amines) is 1. The molecule has 8 heteroatoms. The van der Waals surface area contributed by atoms with Crippen molar-refractivity contribution in [1.29, 1.82) is 0 Å². The Labute approximate surface area is 195 Å². The van der Waals surface area contributed by atoms with Gasteiger partial charge in [-0.1, -0.05) is 31.2 Å². The van der Waals surface area contributed by atoms with Crippen LogP contribution in [0.25, 0.3) is 0 Å². The van der Waals surface area contributed by atoms with Crippen LogP contribution in [0.4, 0.5) is 0 Å². The molecule has 162 valence electrons. The van der Waals surface area contributed by atoms with Crippen LogP contribution < -0.4 is 5.32 Å². The number of hydrogen-bond donors (Lipinski definition) is 1. The SMILES string of the molecule is CN=C(NCC(=O)N1CCc2ccccc2C1)N1CCC(C)C(n2ccnc2)C1.I. The van der Waals surface area contributed by atoms with Crippen molar-refractivity contribution in [3.05, 3.63) is 54.1 Å². The zero-order valence-corrected chi connectivity index (χ0v) is 20.0. The second kappa shape index (κ2) is 10.3. The highest BCUT2D eigenvalue weighted by Gasteiger charge is 2.29. The van der Waals surface area contributed by atoms with Crippen molar-refractivity contribution in [2.24, 2.45) is 10.9 Å². The maximum Gasteiger partial charge on any atom is 0.242 e. The number of piperidine rings is 1. The lowest BCUT2D eigenvalue weighted by molar-refractivity contribution is -0.130. The highest BCUT2D eigenvalue weighted by atomic mass is 127. The van der Waals surface area contributed by atoms with E-state index in [2.05, 4.69) is 49.9 Å². The molecule has 0 bridgehead atoms. The first-order valence-corrected chi connectivity index (χ1v) is 10.4. The molecule has 2 aromatic rings. The van der Waals surface area contributed by atoms with Gasteiger partial charge in [0.2, 0.25) is 5.91 Å². The summed E-state index contributed by atoms with van der Waals surface area (Å²) < 4.78 is 2.18. The summed E-state index contributed by atoms with van der Waals surface area (Å²) in [6, 6.07) is 8.75. The Balaban J connectivity index is 0.00000256. The van der Waals surface area contributed by atoms with Crippen LogP contribution in [0.5, 0.6) is 0 Å². The lowest BCUT2D eigenvalue weighted by Crippen LogP contribution is -2.51. The number of amides is 1. The van der Waals surface area contributed by atoms with Crippen LogP contribution in [0.1, 0.15) is 30.5 Å². The monoisotopic (exact) mass is 522 g/mol. The van der Waals surface area contributed by atoms with E-state index in [0.29, 0.717) is 18.5 Å². The Morgan fingerprint density at radius 3 is 2.77 bits per heavy atom. The number of carbonyl (C=O) groups excluding carboxylic acids is 1. The van der Waals surface area contributed by atoms with Gasteiger partial charge in [0.05, 0.1) is 18.9 Å². The van der Waals surface area contributed by atoms with Crippen LogP contribution in [-0.2, 0) is 17.8 Å². The molecule has 2 unspecified atom stereocenters. The summed E-state index contributed by atoms with van der Waals surface area (Å²) in [4.78, 5) is 25.6. The summed E-state index contributed by atoms with van der Waals surface area (Å²) in [6.07, 6.45) is 7.75. The van der Waals surface area contributed by atoms with Gasteiger partial charge in [-0.15, -0.1) is 24.0 Å². The number of rotatable bonds is 3. The van der Waals surface area contributed by atoms with Gasteiger partial charge in [0.15, 0.2) is 5.96 Å². The van der Waals surface area contributed by atoms with Crippen LogP contribution in [0.2, 0.25) is 0 Å². The number of fused-ring (bicyclic) bond motifs is 1. The molecule has 1 aromatic carbocycles. The van der Waals surface area contributed by atoms with Crippen LogP contribution in [0.3, 0.4) is 0 Å². The van der Waals surface area contributed by atoms with Gasteiger partial charge in [-0.3, -0.25) is 9.79 Å². The highest BCUT2D eigenvalue weighted by Crippen LogP contribution is 2.27. The molecule has 7 nitrogen and oxygen atoms in total. The third-order valence-electron chi connectivity index (χ3n) is 6.22. The summed E-state index contributed by atoms with van der Waals surface area (Å²) in [5, 5.41) is 3.30. The zero-order valence-electron chi connectivity index (χ0n) is 17.7. The van der Waals surface area contributed by atoms with E-state index in [-0.39, 0.29) is 36.4 Å². The van der Waals surface area contributed by atoms with E-state index in [0.717, 1.165) is 38.4 Å². The molecule has 1 saturated heterocycles. The standard InChI is InChI=1S/C22H30N6O.HI/c1-17-7-10-27(15-20(17)28-12-9-24-16-28)22(23-2)25-13-21(29)26-11-8-18-5-3-4-6-19(18)14-26;/h3-6,9,12,16-17,20H,7-8,10-11,13-15H2,1-2H3,(H,23,25);1H. The smallest absolute Gasteiger partial charge is 0.242 e. The van der Waals surface area contributed by atoms with Gasteiger partial charge >= 0.3 is 0 Å². The maximum atomic E-state index is 12.8. The van der Waals surface area contributed by atoms with Crippen LogP contribution in [0, 0.1) is 5.92 Å². The van der Waals surface area contributed by atoms with Crippen molar-refractivity contribution < 1.29 is 4.79 Å². The molecular formula is C22H31IN6O. The first kappa shape index (κ1) is 22.6. The van der Waals surface area contributed by atoms with Crippen molar-refractivity contribution in [2.45, 2.75) is 32.4 Å². The molecule has 0 aliphatic carbocycles. The fraction of sp³-hybridized carbons (Fsp3) is 0.500. The highest BCUT2D eigenvalue weighted by molar-refractivity contribution is 14.0. The van der Waals surface area contributed by atoms with Gasteiger partial charge in [-0.25, -0.2) is 4.98 Å². The summed E-state index contributed by atoms with van der Waals surface area (Å²) >= 11 is 0. The topological polar surface area (TPSA) is 65.8 Å². The fourth-order valence-corrected chi connectivity index (χ4v) is 4.40. The third-order valence-corrected chi connectivity index (χ3v) is 6.22. The Hall–Kier alpha value is -2.10. The fourth-order valence-electron chi connectivity index (χ4n) is 4.40. The van der Waals surface area contributed by atoms with E-state index in [4.69, 9.17) is 0 Å². The van der Waals surface area contributed by atoms with Gasteiger partial charge in [0.25, 0.3) is 0 Å². The normalized spacial score (nSPS) is 21.6. The van der Waals surface area contributed by atoms with Crippen molar-refractivity contribution in [2.75, 3.05) is 33.2 Å². The number of guanidine groups is 1. The van der Waals surface area contributed by atoms with E-state index >= 15 is 0 Å². The molecule has 4 rings (SSSR count). The van der Waals surface area contributed by atoms with E-state index in [1.54, 1.807) is 7.05 Å². The van der Waals surface area contributed by atoms with Gasteiger partial charge in [-0.05, 0) is 29.9 Å². The number of aromatic nitrogens is 2. The summed E-state index contributed by atoms with van der Waals surface area (Å²) in [5.41, 5.74) is 2.61. The Bertz CT molecular complexity index is 868. The lowest BCUT2D eigenvalue weighted by Gasteiger charge is -2.39. The number of imidazole rings is 1.